The number of ether oxygens (including phenoxy) is 1. The largest absolute Gasteiger partial charge is 0.477 e. The first kappa shape index (κ1) is 10.8. The highest BCUT2D eigenvalue weighted by molar-refractivity contribution is 5.92. The highest BCUT2D eigenvalue weighted by Gasteiger charge is 2.20. The van der Waals surface area contributed by atoms with Gasteiger partial charge in [0.15, 0.2) is 0 Å². The molecule has 2 heterocycles. The molecule has 1 aromatic heterocycles. The fourth-order valence-corrected chi connectivity index (χ4v) is 1.73. The molecule has 1 aliphatic heterocycles. The number of hydrogen-bond donors (Lipinski definition) is 2. The van der Waals surface area contributed by atoms with Crippen molar-refractivity contribution in [3.8, 4) is 0 Å². The summed E-state index contributed by atoms with van der Waals surface area (Å²) in [6, 6.07) is 0. The molecule has 0 saturated carbocycles. The van der Waals surface area contributed by atoms with E-state index in [1.54, 1.807) is 0 Å². The van der Waals surface area contributed by atoms with Gasteiger partial charge in [-0.15, -0.1) is 0 Å². The Kier molecular flexibility index (Phi) is 3.00. The van der Waals surface area contributed by atoms with Crippen LogP contribution >= 0.6 is 0 Å². The highest BCUT2D eigenvalue weighted by atomic mass is 16.5. The molecule has 2 rings (SSSR count). The molecule has 6 nitrogen and oxygen atoms in total. The Morgan fingerprint density at radius 3 is 2.75 bits per heavy atom. The van der Waals surface area contributed by atoms with E-state index in [0.29, 0.717) is 19.0 Å². The number of nitrogen functional groups attached to an aromatic ring is 1. The Hall–Kier alpha value is -1.69. The molecular weight excluding hydrogens is 210 g/mol. The molecule has 0 radical (unpaired) electrons. The number of carboxylic acids is 1. The normalized spacial score (nSPS) is 17.2. The zero-order valence-corrected chi connectivity index (χ0v) is 8.72. The van der Waals surface area contributed by atoms with Crippen LogP contribution in [0, 0.1) is 0 Å². The summed E-state index contributed by atoms with van der Waals surface area (Å²) in [6.45, 7) is 1.38. The quantitative estimate of drug-likeness (QED) is 0.763. The summed E-state index contributed by atoms with van der Waals surface area (Å²) < 4.78 is 5.23. The van der Waals surface area contributed by atoms with Gasteiger partial charge in [0.2, 0.25) is 0 Å². The van der Waals surface area contributed by atoms with E-state index in [2.05, 4.69) is 9.97 Å². The maximum Gasteiger partial charge on any atom is 0.341 e. The molecule has 1 aromatic rings. The van der Waals surface area contributed by atoms with Gasteiger partial charge in [0.1, 0.15) is 17.2 Å². The molecule has 86 valence electrons. The van der Waals surface area contributed by atoms with Crippen LogP contribution < -0.4 is 5.73 Å². The lowest BCUT2D eigenvalue weighted by Crippen LogP contribution is -2.18. The molecule has 1 aliphatic rings. The topological polar surface area (TPSA) is 98.3 Å². The predicted octanol–water partition coefficient (Wildman–Crippen LogP) is 0.651. The number of aromatic carboxylic acids is 1. The number of rotatable bonds is 2. The Bertz CT molecular complexity index is 402. The van der Waals surface area contributed by atoms with Crippen LogP contribution in [0.1, 0.15) is 34.9 Å². The average Bonchev–Trinajstić information content (AvgIpc) is 2.29. The van der Waals surface area contributed by atoms with Crippen molar-refractivity contribution in [1.82, 2.24) is 9.97 Å². The Morgan fingerprint density at radius 1 is 1.50 bits per heavy atom. The minimum Gasteiger partial charge on any atom is -0.477 e. The molecule has 6 heteroatoms. The van der Waals surface area contributed by atoms with Gasteiger partial charge in [-0.1, -0.05) is 0 Å². The summed E-state index contributed by atoms with van der Waals surface area (Å²) in [5, 5.41) is 8.79. The van der Waals surface area contributed by atoms with Gasteiger partial charge >= 0.3 is 5.97 Å². The monoisotopic (exact) mass is 223 g/mol. The van der Waals surface area contributed by atoms with Crippen molar-refractivity contribution in [1.29, 1.82) is 0 Å². The first-order chi connectivity index (χ1) is 7.68. The third-order valence-corrected chi connectivity index (χ3v) is 2.65. The van der Waals surface area contributed by atoms with Crippen LogP contribution in [0.15, 0.2) is 6.20 Å². The van der Waals surface area contributed by atoms with E-state index in [4.69, 9.17) is 15.6 Å². The van der Waals surface area contributed by atoms with E-state index in [1.807, 2.05) is 0 Å². The number of carboxylic acid groups (broad SMARTS) is 1. The number of nitrogens with two attached hydrogens (primary N) is 1. The summed E-state index contributed by atoms with van der Waals surface area (Å²) in [5.74, 6) is -0.232. The second-order valence-electron chi connectivity index (χ2n) is 3.72. The van der Waals surface area contributed by atoms with Gasteiger partial charge in [-0.3, -0.25) is 0 Å². The van der Waals surface area contributed by atoms with E-state index in [0.717, 1.165) is 12.8 Å². The minimum atomic E-state index is -1.10. The lowest BCUT2D eigenvalue weighted by molar-refractivity contribution is 0.0696. The molecule has 16 heavy (non-hydrogen) atoms. The fourth-order valence-electron chi connectivity index (χ4n) is 1.73. The highest BCUT2D eigenvalue weighted by Crippen LogP contribution is 2.24. The van der Waals surface area contributed by atoms with E-state index < -0.39 is 5.97 Å². The Labute approximate surface area is 92.5 Å². The number of aromatic nitrogens is 2. The molecule has 0 atom stereocenters. The van der Waals surface area contributed by atoms with Gasteiger partial charge < -0.3 is 15.6 Å². The van der Waals surface area contributed by atoms with Gasteiger partial charge in [0, 0.05) is 25.3 Å². The summed E-state index contributed by atoms with van der Waals surface area (Å²) >= 11 is 0. The van der Waals surface area contributed by atoms with E-state index in [-0.39, 0.29) is 17.3 Å². The molecule has 0 amide bonds. The Balaban J connectivity index is 2.23. The molecule has 0 spiro atoms. The van der Waals surface area contributed by atoms with Crippen molar-refractivity contribution in [3.05, 3.63) is 17.6 Å². The fraction of sp³-hybridized carbons (Fsp3) is 0.500. The molecule has 1 fully saturated rings. The smallest absolute Gasteiger partial charge is 0.341 e. The molecule has 0 unspecified atom stereocenters. The summed E-state index contributed by atoms with van der Waals surface area (Å²) in [7, 11) is 0. The van der Waals surface area contributed by atoms with Crippen molar-refractivity contribution in [2.45, 2.75) is 18.8 Å². The summed E-state index contributed by atoms with van der Waals surface area (Å²) in [5.41, 5.74) is 5.52. The van der Waals surface area contributed by atoms with E-state index in [9.17, 15) is 4.79 Å². The molecule has 0 bridgehead atoms. The molecule has 1 saturated heterocycles. The standard InChI is InChI=1S/C10H13N3O3/c11-8-7(10(14)15)5-12-9(13-8)6-1-3-16-4-2-6/h5-6H,1-4H2,(H,14,15)(H2,11,12,13). The van der Waals surface area contributed by atoms with Gasteiger partial charge in [-0.2, -0.15) is 0 Å². The molecule has 3 N–H and O–H groups in total. The number of carbonyl (C=O) groups is 1. The van der Waals surface area contributed by atoms with Gasteiger partial charge in [-0.05, 0) is 12.8 Å². The van der Waals surface area contributed by atoms with Crippen LogP contribution in [0.3, 0.4) is 0 Å². The van der Waals surface area contributed by atoms with Crippen LogP contribution in [-0.4, -0.2) is 34.3 Å². The number of hydrogen-bond acceptors (Lipinski definition) is 5. The van der Waals surface area contributed by atoms with E-state index >= 15 is 0 Å². The second-order valence-corrected chi connectivity index (χ2v) is 3.72. The van der Waals surface area contributed by atoms with Crippen LogP contribution in [0.4, 0.5) is 5.82 Å². The molecular formula is C10H13N3O3. The van der Waals surface area contributed by atoms with Crippen LogP contribution in [0.2, 0.25) is 0 Å². The number of anilines is 1. The summed E-state index contributed by atoms with van der Waals surface area (Å²) in [4.78, 5) is 18.8. The van der Waals surface area contributed by atoms with Crippen molar-refractivity contribution in [2.75, 3.05) is 18.9 Å². The summed E-state index contributed by atoms with van der Waals surface area (Å²) in [6.07, 6.45) is 2.98. The maximum atomic E-state index is 10.7. The first-order valence-corrected chi connectivity index (χ1v) is 5.12. The van der Waals surface area contributed by atoms with Crippen LogP contribution in [0.5, 0.6) is 0 Å². The van der Waals surface area contributed by atoms with E-state index in [1.165, 1.54) is 6.20 Å². The lowest BCUT2D eigenvalue weighted by Gasteiger charge is -2.20. The van der Waals surface area contributed by atoms with Crippen LogP contribution in [-0.2, 0) is 4.74 Å². The third-order valence-electron chi connectivity index (χ3n) is 2.65. The second kappa shape index (κ2) is 4.44. The third kappa shape index (κ3) is 2.11. The van der Waals surface area contributed by atoms with Crippen molar-refractivity contribution in [2.24, 2.45) is 0 Å². The zero-order chi connectivity index (χ0) is 11.5. The Morgan fingerprint density at radius 2 is 2.19 bits per heavy atom. The SMILES string of the molecule is Nc1nc(C2CCOCC2)ncc1C(=O)O. The van der Waals surface area contributed by atoms with Crippen molar-refractivity contribution >= 4 is 11.8 Å². The van der Waals surface area contributed by atoms with Gasteiger partial charge in [0.25, 0.3) is 0 Å². The molecule has 0 aromatic carbocycles. The van der Waals surface area contributed by atoms with Crippen LogP contribution in [0.25, 0.3) is 0 Å². The predicted molar refractivity (Wildman–Crippen MR) is 56.2 cm³/mol. The number of nitrogens with zero attached hydrogens (tertiary/aromatic N) is 2. The van der Waals surface area contributed by atoms with Gasteiger partial charge in [-0.25, -0.2) is 14.8 Å². The van der Waals surface area contributed by atoms with Crippen molar-refractivity contribution in [3.63, 3.8) is 0 Å². The lowest BCUT2D eigenvalue weighted by atomic mass is 9.99. The minimum absolute atomic E-state index is 0.0315. The maximum absolute atomic E-state index is 10.7. The zero-order valence-electron chi connectivity index (χ0n) is 8.72. The van der Waals surface area contributed by atoms with Crippen molar-refractivity contribution < 1.29 is 14.6 Å². The average molecular weight is 223 g/mol. The molecule has 0 aliphatic carbocycles. The first-order valence-electron chi connectivity index (χ1n) is 5.12. The van der Waals surface area contributed by atoms with Gasteiger partial charge in [0.05, 0.1) is 0 Å².